The summed E-state index contributed by atoms with van der Waals surface area (Å²) >= 11 is 0. The molecule has 0 spiro atoms. The molecule has 0 radical (unpaired) electrons. The molecule has 0 atom stereocenters. The minimum Gasteiger partial charge on any atom is -0.397 e. The van der Waals surface area contributed by atoms with E-state index in [2.05, 4.69) is 6.92 Å². The van der Waals surface area contributed by atoms with Crippen molar-refractivity contribution in [3.63, 3.8) is 0 Å². The highest BCUT2D eigenvalue weighted by Gasteiger charge is 2.00. The highest BCUT2D eigenvalue weighted by molar-refractivity contribution is 5.66. The number of benzene rings is 1. The quantitative estimate of drug-likeness (QED) is 0.548. The van der Waals surface area contributed by atoms with Gasteiger partial charge in [-0.2, -0.15) is 0 Å². The lowest BCUT2D eigenvalue weighted by Gasteiger charge is -2.07. The number of rotatable bonds is 4. The molecule has 0 unspecified atom stereocenters. The molecule has 4 N–H and O–H groups in total. The van der Waals surface area contributed by atoms with Crippen molar-refractivity contribution in [2.75, 3.05) is 18.1 Å². The van der Waals surface area contributed by atoms with Crippen LogP contribution in [0.15, 0.2) is 18.2 Å². The van der Waals surface area contributed by atoms with Gasteiger partial charge in [-0.3, -0.25) is 0 Å². The van der Waals surface area contributed by atoms with Gasteiger partial charge in [0.05, 0.1) is 18.0 Å². The summed E-state index contributed by atoms with van der Waals surface area (Å²) < 4.78 is 5.37. The van der Waals surface area contributed by atoms with Crippen LogP contribution >= 0.6 is 0 Å². The lowest BCUT2D eigenvalue weighted by atomic mass is 10.1. The van der Waals surface area contributed by atoms with Gasteiger partial charge in [-0.05, 0) is 12.5 Å². The highest BCUT2D eigenvalue weighted by Crippen LogP contribution is 2.19. The first-order valence-corrected chi connectivity index (χ1v) is 4.46. The van der Waals surface area contributed by atoms with Crippen LogP contribution in [0.2, 0.25) is 0 Å². The van der Waals surface area contributed by atoms with Gasteiger partial charge in [0, 0.05) is 12.2 Å². The SMILES string of the molecule is CCCOCc1cccc(N)c1N. The Balaban J connectivity index is 2.61. The van der Waals surface area contributed by atoms with Crippen LogP contribution in [0.4, 0.5) is 11.4 Å². The fourth-order valence-electron chi connectivity index (χ4n) is 1.09. The van der Waals surface area contributed by atoms with Gasteiger partial charge in [-0.15, -0.1) is 0 Å². The zero-order chi connectivity index (χ0) is 9.68. The average Bonchev–Trinajstić information content (AvgIpc) is 2.13. The summed E-state index contributed by atoms with van der Waals surface area (Å²) in [6.45, 7) is 3.38. The van der Waals surface area contributed by atoms with Gasteiger partial charge in [-0.1, -0.05) is 19.1 Å². The Hall–Kier alpha value is -1.22. The van der Waals surface area contributed by atoms with Crippen LogP contribution < -0.4 is 11.5 Å². The largest absolute Gasteiger partial charge is 0.397 e. The summed E-state index contributed by atoms with van der Waals surface area (Å²) in [4.78, 5) is 0. The van der Waals surface area contributed by atoms with E-state index in [0.29, 0.717) is 18.0 Å². The zero-order valence-electron chi connectivity index (χ0n) is 7.92. The molecular formula is C10H16N2O. The Morgan fingerprint density at radius 3 is 2.77 bits per heavy atom. The third-order valence-electron chi connectivity index (χ3n) is 1.84. The maximum Gasteiger partial charge on any atom is 0.0737 e. The molecule has 72 valence electrons. The predicted octanol–water partition coefficient (Wildman–Crippen LogP) is 1.78. The van der Waals surface area contributed by atoms with Gasteiger partial charge in [0.2, 0.25) is 0 Å². The molecule has 0 saturated heterocycles. The van der Waals surface area contributed by atoms with Gasteiger partial charge in [-0.25, -0.2) is 0 Å². The molecule has 0 bridgehead atoms. The van der Waals surface area contributed by atoms with Gasteiger partial charge < -0.3 is 16.2 Å². The maximum absolute atomic E-state index is 5.76. The minimum absolute atomic E-state index is 0.546. The summed E-state index contributed by atoms with van der Waals surface area (Å²) in [7, 11) is 0. The molecule has 0 heterocycles. The van der Waals surface area contributed by atoms with Crippen molar-refractivity contribution in [2.45, 2.75) is 20.0 Å². The fourth-order valence-corrected chi connectivity index (χ4v) is 1.09. The van der Waals surface area contributed by atoms with E-state index in [1.807, 2.05) is 12.1 Å². The second-order valence-electron chi connectivity index (χ2n) is 2.97. The first kappa shape index (κ1) is 9.86. The number of hydrogen-bond donors (Lipinski definition) is 2. The number of ether oxygens (including phenoxy) is 1. The Morgan fingerprint density at radius 2 is 2.08 bits per heavy atom. The average molecular weight is 180 g/mol. The number of anilines is 2. The van der Waals surface area contributed by atoms with E-state index >= 15 is 0 Å². The van der Waals surface area contributed by atoms with Crippen molar-refractivity contribution in [1.29, 1.82) is 0 Å². The molecule has 0 aliphatic carbocycles. The van der Waals surface area contributed by atoms with E-state index in [1.165, 1.54) is 0 Å². The molecule has 3 nitrogen and oxygen atoms in total. The molecule has 0 saturated carbocycles. The lowest BCUT2D eigenvalue weighted by Crippen LogP contribution is -2.02. The van der Waals surface area contributed by atoms with Crippen molar-refractivity contribution < 1.29 is 4.74 Å². The Bertz CT molecular complexity index is 274. The first-order chi connectivity index (χ1) is 6.25. The summed E-state index contributed by atoms with van der Waals surface area (Å²) in [6, 6.07) is 5.61. The summed E-state index contributed by atoms with van der Waals surface area (Å²) in [5.41, 5.74) is 13.6. The number of para-hydroxylation sites is 1. The predicted molar refractivity (Wildman–Crippen MR) is 55.2 cm³/mol. The Labute approximate surface area is 78.7 Å². The molecule has 0 aliphatic heterocycles. The molecule has 1 aromatic carbocycles. The minimum atomic E-state index is 0.546. The molecule has 0 aliphatic rings. The van der Waals surface area contributed by atoms with E-state index in [0.717, 1.165) is 18.6 Å². The van der Waals surface area contributed by atoms with Gasteiger partial charge in [0.25, 0.3) is 0 Å². The van der Waals surface area contributed by atoms with Crippen molar-refractivity contribution >= 4 is 11.4 Å². The van der Waals surface area contributed by atoms with Crippen LogP contribution in [0.3, 0.4) is 0 Å². The first-order valence-electron chi connectivity index (χ1n) is 4.46. The third-order valence-corrected chi connectivity index (χ3v) is 1.84. The third kappa shape index (κ3) is 2.63. The number of nitrogen functional groups attached to an aromatic ring is 2. The van der Waals surface area contributed by atoms with Crippen molar-refractivity contribution in [2.24, 2.45) is 0 Å². The van der Waals surface area contributed by atoms with Gasteiger partial charge in [0.1, 0.15) is 0 Å². The lowest BCUT2D eigenvalue weighted by molar-refractivity contribution is 0.122. The molecule has 3 heteroatoms. The molecule has 13 heavy (non-hydrogen) atoms. The van der Waals surface area contributed by atoms with Crippen molar-refractivity contribution in [3.05, 3.63) is 23.8 Å². The van der Waals surface area contributed by atoms with E-state index in [4.69, 9.17) is 16.2 Å². The Kier molecular flexibility index (Phi) is 3.58. The summed E-state index contributed by atoms with van der Waals surface area (Å²) in [5.74, 6) is 0. The topological polar surface area (TPSA) is 61.3 Å². The fraction of sp³-hybridized carbons (Fsp3) is 0.400. The van der Waals surface area contributed by atoms with Crippen LogP contribution in [0.25, 0.3) is 0 Å². The monoisotopic (exact) mass is 180 g/mol. The molecule has 0 fully saturated rings. The Morgan fingerprint density at radius 1 is 1.31 bits per heavy atom. The summed E-state index contributed by atoms with van der Waals surface area (Å²) in [5, 5.41) is 0. The number of nitrogens with two attached hydrogens (primary N) is 2. The maximum atomic E-state index is 5.76. The van der Waals surface area contributed by atoms with Crippen LogP contribution in [-0.2, 0) is 11.3 Å². The van der Waals surface area contributed by atoms with Crippen molar-refractivity contribution in [3.8, 4) is 0 Å². The van der Waals surface area contributed by atoms with Gasteiger partial charge >= 0.3 is 0 Å². The second kappa shape index (κ2) is 4.72. The number of hydrogen-bond acceptors (Lipinski definition) is 3. The van der Waals surface area contributed by atoms with Crippen molar-refractivity contribution in [1.82, 2.24) is 0 Å². The molecular weight excluding hydrogens is 164 g/mol. The molecule has 1 aromatic rings. The molecule has 0 aromatic heterocycles. The normalized spacial score (nSPS) is 10.2. The van der Waals surface area contributed by atoms with E-state index in [1.54, 1.807) is 6.07 Å². The van der Waals surface area contributed by atoms with Crippen LogP contribution in [0.1, 0.15) is 18.9 Å². The second-order valence-corrected chi connectivity index (χ2v) is 2.97. The van der Waals surface area contributed by atoms with E-state index in [9.17, 15) is 0 Å². The standard InChI is InChI=1S/C10H16N2O/c1-2-6-13-7-8-4-3-5-9(11)10(8)12/h3-5H,2,6-7,11-12H2,1H3. The van der Waals surface area contributed by atoms with E-state index < -0.39 is 0 Å². The smallest absolute Gasteiger partial charge is 0.0737 e. The zero-order valence-corrected chi connectivity index (χ0v) is 7.92. The van der Waals surface area contributed by atoms with E-state index in [-0.39, 0.29) is 0 Å². The highest BCUT2D eigenvalue weighted by atomic mass is 16.5. The molecule has 0 amide bonds. The molecule has 1 rings (SSSR count). The van der Waals surface area contributed by atoms with Crippen LogP contribution in [-0.4, -0.2) is 6.61 Å². The van der Waals surface area contributed by atoms with Gasteiger partial charge in [0.15, 0.2) is 0 Å². The van der Waals surface area contributed by atoms with Crippen LogP contribution in [0.5, 0.6) is 0 Å². The van der Waals surface area contributed by atoms with Crippen LogP contribution in [0, 0.1) is 0 Å². The summed E-state index contributed by atoms with van der Waals surface area (Å²) in [6.07, 6.45) is 1.02.